The monoisotopic (exact) mass is 305 g/mol. The van der Waals surface area contributed by atoms with Gasteiger partial charge in [0, 0.05) is 10.5 Å². The molecule has 0 bridgehead atoms. The van der Waals surface area contributed by atoms with Crippen LogP contribution in [0.5, 0.6) is 11.5 Å². The van der Waals surface area contributed by atoms with Crippen molar-refractivity contribution in [3.63, 3.8) is 0 Å². The van der Waals surface area contributed by atoms with Gasteiger partial charge < -0.3 is 10.1 Å². The number of ether oxygens (including phenoxy) is 1. The smallest absolute Gasteiger partial charge is 0.128 e. The molecule has 0 aromatic heterocycles. The summed E-state index contributed by atoms with van der Waals surface area (Å²) in [6, 6.07) is 16.3. The SMILES string of the molecule is CNC(C)c1cccc(Oc2cccc(Br)c2)c1. The van der Waals surface area contributed by atoms with E-state index in [1.165, 1.54) is 5.56 Å². The predicted molar refractivity (Wildman–Crippen MR) is 78.1 cm³/mol. The Morgan fingerprint density at radius 2 is 1.72 bits per heavy atom. The summed E-state index contributed by atoms with van der Waals surface area (Å²) in [5.74, 6) is 1.69. The molecule has 2 aromatic rings. The zero-order valence-corrected chi connectivity index (χ0v) is 12.1. The molecular formula is C15H16BrNO. The van der Waals surface area contributed by atoms with Crippen molar-refractivity contribution in [2.24, 2.45) is 0 Å². The zero-order valence-electron chi connectivity index (χ0n) is 10.5. The van der Waals surface area contributed by atoms with Gasteiger partial charge in [0.1, 0.15) is 11.5 Å². The molecule has 0 fully saturated rings. The summed E-state index contributed by atoms with van der Waals surface area (Å²) in [7, 11) is 1.95. The summed E-state index contributed by atoms with van der Waals surface area (Å²) in [6.07, 6.45) is 0. The van der Waals surface area contributed by atoms with Gasteiger partial charge in [-0.15, -0.1) is 0 Å². The molecule has 0 aliphatic carbocycles. The fraction of sp³-hybridized carbons (Fsp3) is 0.200. The highest BCUT2D eigenvalue weighted by atomic mass is 79.9. The third kappa shape index (κ3) is 3.34. The van der Waals surface area contributed by atoms with Crippen LogP contribution >= 0.6 is 15.9 Å². The Kier molecular flexibility index (Phi) is 4.39. The second kappa shape index (κ2) is 6.03. The van der Waals surface area contributed by atoms with Crippen molar-refractivity contribution in [3.8, 4) is 11.5 Å². The number of halogens is 1. The molecule has 2 aromatic carbocycles. The molecular weight excluding hydrogens is 290 g/mol. The van der Waals surface area contributed by atoms with Crippen molar-refractivity contribution in [2.75, 3.05) is 7.05 Å². The molecule has 2 rings (SSSR count). The van der Waals surface area contributed by atoms with E-state index in [2.05, 4.69) is 40.3 Å². The first-order chi connectivity index (χ1) is 8.69. The lowest BCUT2D eigenvalue weighted by atomic mass is 10.1. The van der Waals surface area contributed by atoms with E-state index in [9.17, 15) is 0 Å². The van der Waals surface area contributed by atoms with Gasteiger partial charge in [-0.25, -0.2) is 0 Å². The molecule has 1 N–H and O–H groups in total. The van der Waals surface area contributed by atoms with E-state index >= 15 is 0 Å². The van der Waals surface area contributed by atoms with E-state index in [4.69, 9.17) is 4.74 Å². The van der Waals surface area contributed by atoms with Crippen LogP contribution in [0.2, 0.25) is 0 Å². The Labute approximate surface area is 116 Å². The molecule has 0 aliphatic heterocycles. The Bertz CT molecular complexity index is 527. The minimum Gasteiger partial charge on any atom is -0.457 e. The molecule has 18 heavy (non-hydrogen) atoms. The summed E-state index contributed by atoms with van der Waals surface area (Å²) in [5.41, 5.74) is 1.21. The molecule has 0 saturated heterocycles. The van der Waals surface area contributed by atoms with Crippen molar-refractivity contribution in [2.45, 2.75) is 13.0 Å². The van der Waals surface area contributed by atoms with Crippen LogP contribution < -0.4 is 10.1 Å². The summed E-state index contributed by atoms with van der Waals surface area (Å²) in [5, 5.41) is 3.22. The van der Waals surface area contributed by atoms with Crippen LogP contribution in [0.3, 0.4) is 0 Å². The maximum Gasteiger partial charge on any atom is 0.128 e. The molecule has 2 nitrogen and oxygen atoms in total. The third-order valence-electron chi connectivity index (χ3n) is 2.82. The highest BCUT2D eigenvalue weighted by Gasteiger charge is 2.04. The standard InChI is InChI=1S/C15H16BrNO/c1-11(17-2)12-5-3-7-14(9-12)18-15-8-4-6-13(16)10-15/h3-11,17H,1-2H3. The lowest BCUT2D eigenvalue weighted by Gasteiger charge is -2.12. The van der Waals surface area contributed by atoms with Gasteiger partial charge in [-0.1, -0.05) is 34.1 Å². The first-order valence-corrected chi connectivity index (χ1v) is 6.69. The summed E-state index contributed by atoms with van der Waals surface area (Å²) >= 11 is 3.43. The zero-order chi connectivity index (χ0) is 13.0. The summed E-state index contributed by atoms with van der Waals surface area (Å²) in [6.45, 7) is 2.12. The van der Waals surface area contributed by atoms with Crippen LogP contribution in [0.25, 0.3) is 0 Å². The molecule has 1 unspecified atom stereocenters. The first kappa shape index (κ1) is 13.1. The third-order valence-corrected chi connectivity index (χ3v) is 3.32. The van der Waals surface area contributed by atoms with Gasteiger partial charge >= 0.3 is 0 Å². The average Bonchev–Trinajstić information content (AvgIpc) is 2.38. The second-order valence-electron chi connectivity index (χ2n) is 4.14. The number of hydrogen-bond acceptors (Lipinski definition) is 2. The molecule has 3 heteroatoms. The van der Waals surface area contributed by atoms with E-state index in [1.54, 1.807) is 0 Å². The molecule has 0 amide bonds. The van der Waals surface area contributed by atoms with Crippen LogP contribution in [0.15, 0.2) is 53.0 Å². The summed E-state index contributed by atoms with van der Waals surface area (Å²) < 4.78 is 6.85. The van der Waals surface area contributed by atoms with Crippen molar-refractivity contribution in [1.82, 2.24) is 5.32 Å². The lowest BCUT2D eigenvalue weighted by Crippen LogP contribution is -2.11. The van der Waals surface area contributed by atoms with Crippen LogP contribution in [-0.4, -0.2) is 7.05 Å². The predicted octanol–water partition coefficient (Wildman–Crippen LogP) is 4.52. The van der Waals surface area contributed by atoms with Crippen molar-refractivity contribution in [3.05, 3.63) is 58.6 Å². The van der Waals surface area contributed by atoms with Gasteiger partial charge in [-0.05, 0) is 49.9 Å². The summed E-state index contributed by atoms with van der Waals surface area (Å²) in [4.78, 5) is 0. The topological polar surface area (TPSA) is 21.3 Å². The minimum atomic E-state index is 0.316. The highest BCUT2D eigenvalue weighted by molar-refractivity contribution is 9.10. The van der Waals surface area contributed by atoms with E-state index in [1.807, 2.05) is 43.4 Å². The maximum atomic E-state index is 5.84. The van der Waals surface area contributed by atoms with Crippen LogP contribution in [0.4, 0.5) is 0 Å². The molecule has 0 radical (unpaired) electrons. The van der Waals surface area contributed by atoms with Gasteiger partial charge in [0.25, 0.3) is 0 Å². The minimum absolute atomic E-state index is 0.316. The van der Waals surface area contributed by atoms with Crippen molar-refractivity contribution < 1.29 is 4.74 Å². The largest absolute Gasteiger partial charge is 0.457 e. The first-order valence-electron chi connectivity index (χ1n) is 5.89. The molecule has 0 heterocycles. The van der Waals surface area contributed by atoms with Crippen LogP contribution in [-0.2, 0) is 0 Å². The van der Waals surface area contributed by atoms with Crippen molar-refractivity contribution >= 4 is 15.9 Å². The lowest BCUT2D eigenvalue weighted by molar-refractivity contribution is 0.480. The number of benzene rings is 2. The van der Waals surface area contributed by atoms with E-state index < -0.39 is 0 Å². The highest BCUT2D eigenvalue weighted by Crippen LogP contribution is 2.26. The second-order valence-corrected chi connectivity index (χ2v) is 5.06. The van der Waals surface area contributed by atoms with E-state index in [0.29, 0.717) is 6.04 Å². The normalized spacial score (nSPS) is 12.2. The fourth-order valence-electron chi connectivity index (χ4n) is 1.68. The van der Waals surface area contributed by atoms with Crippen LogP contribution in [0.1, 0.15) is 18.5 Å². The van der Waals surface area contributed by atoms with Crippen LogP contribution in [0, 0.1) is 0 Å². The van der Waals surface area contributed by atoms with Gasteiger partial charge in [0.2, 0.25) is 0 Å². The number of hydrogen-bond donors (Lipinski definition) is 1. The quantitative estimate of drug-likeness (QED) is 0.896. The number of nitrogens with one attached hydrogen (secondary N) is 1. The Morgan fingerprint density at radius 1 is 1.06 bits per heavy atom. The Hall–Kier alpha value is -1.32. The molecule has 0 spiro atoms. The Morgan fingerprint density at radius 3 is 2.39 bits per heavy atom. The molecule has 1 atom stereocenters. The average molecular weight is 306 g/mol. The van der Waals surface area contributed by atoms with E-state index in [0.717, 1.165) is 16.0 Å². The number of rotatable bonds is 4. The Balaban J connectivity index is 2.19. The fourth-order valence-corrected chi connectivity index (χ4v) is 2.06. The van der Waals surface area contributed by atoms with E-state index in [-0.39, 0.29) is 0 Å². The molecule has 94 valence electrons. The van der Waals surface area contributed by atoms with Gasteiger partial charge in [0.15, 0.2) is 0 Å². The van der Waals surface area contributed by atoms with Gasteiger partial charge in [0.05, 0.1) is 0 Å². The molecule has 0 aliphatic rings. The van der Waals surface area contributed by atoms with Crippen molar-refractivity contribution in [1.29, 1.82) is 0 Å². The maximum absolute atomic E-state index is 5.84. The van der Waals surface area contributed by atoms with Gasteiger partial charge in [-0.2, -0.15) is 0 Å². The van der Waals surface area contributed by atoms with Gasteiger partial charge in [-0.3, -0.25) is 0 Å². The molecule has 0 saturated carbocycles.